The second-order valence-corrected chi connectivity index (χ2v) is 7.53. The molecule has 1 saturated carbocycles. The number of hydrogen-bond acceptors (Lipinski definition) is 8. The largest absolute Gasteiger partial charge is 0.427 e. The summed E-state index contributed by atoms with van der Waals surface area (Å²) in [6, 6.07) is 9.59. The average Bonchev–Trinajstić information content (AvgIpc) is 2.62. The molecule has 0 amide bonds. The number of ether oxygens (including phenoxy) is 4. The molecule has 152 valence electrons. The van der Waals surface area contributed by atoms with E-state index in [1.54, 1.807) is 24.3 Å². The van der Waals surface area contributed by atoms with Gasteiger partial charge in [0.15, 0.2) is 0 Å². The van der Waals surface area contributed by atoms with E-state index < -0.39 is 35.7 Å². The normalized spacial score (nSPS) is 25.3. The van der Waals surface area contributed by atoms with Crippen molar-refractivity contribution >= 4 is 23.9 Å². The first-order valence-electron chi connectivity index (χ1n) is 9.41. The number of carbonyl (C=O) groups excluding carboxylic acids is 4. The van der Waals surface area contributed by atoms with Crippen LogP contribution in [0, 0.1) is 11.8 Å². The first-order valence-corrected chi connectivity index (χ1v) is 9.41. The van der Waals surface area contributed by atoms with Crippen LogP contribution in [0.1, 0.15) is 36.8 Å². The fourth-order valence-corrected chi connectivity index (χ4v) is 4.68. The molecule has 0 bridgehead atoms. The van der Waals surface area contributed by atoms with E-state index in [-0.39, 0.29) is 34.8 Å². The zero-order valence-corrected chi connectivity index (χ0v) is 16.0. The van der Waals surface area contributed by atoms with Gasteiger partial charge < -0.3 is 18.9 Å². The van der Waals surface area contributed by atoms with E-state index >= 15 is 0 Å². The van der Waals surface area contributed by atoms with Crippen LogP contribution in [0.25, 0.3) is 0 Å². The number of rotatable bonds is 2. The van der Waals surface area contributed by atoms with Crippen molar-refractivity contribution in [2.45, 2.75) is 25.7 Å². The van der Waals surface area contributed by atoms with Crippen LogP contribution >= 0.6 is 0 Å². The van der Waals surface area contributed by atoms with Crippen LogP contribution in [0.2, 0.25) is 0 Å². The van der Waals surface area contributed by atoms with Crippen molar-refractivity contribution < 1.29 is 38.1 Å². The Bertz CT molecular complexity index is 1040. The molecule has 0 spiro atoms. The molecular formula is C22H16O8. The SMILES string of the molecule is CC(=O)Oc1ccc2c(c1)OC(=O)C1C2C2C(=O)Oc3cc(OC(C)=O)ccc3C12. The lowest BCUT2D eigenvalue weighted by molar-refractivity contribution is -0.161. The summed E-state index contributed by atoms with van der Waals surface area (Å²) in [7, 11) is 0. The first-order chi connectivity index (χ1) is 14.3. The standard InChI is InChI=1S/C22H16O8/c1-9(23)27-11-3-5-13-15(7-11)29-21(25)19-17(13)20-18(19)14-6-4-12(28-10(2)24)8-16(14)30-22(20)26/h3-8,17-20H,1-2H3. The number of benzene rings is 2. The van der Waals surface area contributed by atoms with Crippen molar-refractivity contribution in [3.8, 4) is 23.0 Å². The molecule has 0 N–H and O–H groups in total. The van der Waals surface area contributed by atoms with Gasteiger partial charge in [0.25, 0.3) is 0 Å². The average molecular weight is 408 g/mol. The third-order valence-electron chi connectivity index (χ3n) is 5.72. The molecule has 3 aliphatic rings. The van der Waals surface area contributed by atoms with Gasteiger partial charge in [0.05, 0.1) is 11.8 Å². The number of fused-ring (bicyclic) bond motifs is 8. The summed E-state index contributed by atoms with van der Waals surface area (Å²) in [6.45, 7) is 2.56. The van der Waals surface area contributed by atoms with Gasteiger partial charge in [-0.3, -0.25) is 19.2 Å². The summed E-state index contributed by atoms with van der Waals surface area (Å²) < 4.78 is 21.1. The first kappa shape index (κ1) is 18.4. The molecule has 0 aromatic heterocycles. The van der Waals surface area contributed by atoms with E-state index in [0.717, 1.165) is 0 Å². The lowest BCUT2D eigenvalue weighted by Gasteiger charge is -2.53. The molecule has 2 aliphatic heterocycles. The van der Waals surface area contributed by atoms with Crippen molar-refractivity contribution in [3.05, 3.63) is 47.5 Å². The predicted octanol–water partition coefficient (Wildman–Crippen LogP) is 2.49. The summed E-state index contributed by atoms with van der Waals surface area (Å²) in [6.07, 6.45) is 0. The Labute approximate surface area is 170 Å². The highest BCUT2D eigenvalue weighted by molar-refractivity contribution is 5.91. The smallest absolute Gasteiger partial charge is 0.315 e. The molecule has 2 heterocycles. The Kier molecular flexibility index (Phi) is 3.92. The third kappa shape index (κ3) is 2.67. The van der Waals surface area contributed by atoms with E-state index in [1.807, 2.05) is 0 Å². The molecule has 1 fully saturated rings. The van der Waals surface area contributed by atoms with Crippen LogP contribution in [0.5, 0.6) is 23.0 Å². The van der Waals surface area contributed by atoms with E-state index in [4.69, 9.17) is 18.9 Å². The predicted molar refractivity (Wildman–Crippen MR) is 99.2 cm³/mol. The highest BCUT2D eigenvalue weighted by Gasteiger charge is 2.64. The quantitative estimate of drug-likeness (QED) is 0.551. The zero-order chi connectivity index (χ0) is 21.2. The fraction of sp³-hybridized carbons (Fsp3) is 0.273. The zero-order valence-electron chi connectivity index (χ0n) is 16.0. The van der Waals surface area contributed by atoms with Gasteiger partial charge in [-0.25, -0.2) is 0 Å². The van der Waals surface area contributed by atoms with Crippen LogP contribution in [0.15, 0.2) is 36.4 Å². The monoisotopic (exact) mass is 408 g/mol. The number of carbonyl (C=O) groups is 4. The molecule has 0 saturated heterocycles. The Morgan fingerprint density at radius 3 is 1.47 bits per heavy atom. The van der Waals surface area contributed by atoms with Gasteiger partial charge in [0.2, 0.25) is 0 Å². The van der Waals surface area contributed by atoms with E-state index in [2.05, 4.69) is 0 Å². The van der Waals surface area contributed by atoms with Gasteiger partial charge in [0, 0.05) is 48.9 Å². The van der Waals surface area contributed by atoms with Crippen molar-refractivity contribution in [2.75, 3.05) is 0 Å². The maximum absolute atomic E-state index is 12.8. The van der Waals surface area contributed by atoms with E-state index in [9.17, 15) is 19.2 Å². The number of esters is 4. The molecule has 8 heteroatoms. The molecule has 30 heavy (non-hydrogen) atoms. The Morgan fingerprint density at radius 2 is 1.10 bits per heavy atom. The van der Waals surface area contributed by atoms with Gasteiger partial charge in [-0.05, 0) is 12.1 Å². The van der Waals surface area contributed by atoms with E-state index in [0.29, 0.717) is 11.1 Å². The Morgan fingerprint density at radius 1 is 0.700 bits per heavy atom. The minimum Gasteiger partial charge on any atom is -0.427 e. The summed E-state index contributed by atoms with van der Waals surface area (Å²) in [5.74, 6) is -2.62. The number of hydrogen-bond donors (Lipinski definition) is 0. The van der Waals surface area contributed by atoms with E-state index in [1.165, 1.54) is 26.0 Å². The van der Waals surface area contributed by atoms with Gasteiger partial charge in [-0.1, -0.05) is 12.1 Å². The Balaban J connectivity index is 1.52. The molecule has 8 nitrogen and oxygen atoms in total. The van der Waals surface area contributed by atoms with Crippen molar-refractivity contribution in [1.82, 2.24) is 0 Å². The Hall–Kier alpha value is -3.68. The molecule has 0 radical (unpaired) electrons. The van der Waals surface area contributed by atoms with Gasteiger partial charge >= 0.3 is 23.9 Å². The highest BCUT2D eigenvalue weighted by atomic mass is 16.6. The fourth-order valence-electron chi connectivity index (χ4n) is 4.68. The topological polar surface area (TPSA) is 105 Å². The lowest BCUT2D eigenvalue weighted by atomic mass is 9.51. The minimum atomic E-state index is -0.534. The maximum Gasteiger partial charge on any atom is 0.315 e. The molecule has 2 aromatic rings. The third-order valence-corrected chi connectivity index (χ3v) is 5.72. The van der Waals surface area contributed by atoms with Crippen molar-refractivity contribution in [1.29, 1.82) is 0 Å². The molecular weight excluding hydrogens is 392 g/mol. The van der Waals surface area contributed by atoms with Gasteiger partial charge in [-0.2, -0.15) is 0 Å². The summed E-state index contributed by atoms with van der Waals surface area (Å²) >= 11 is 0. The molecule has 2 aromatic carbocycles. The van der Waals surface area contributed by atoms with Crippen LogP contribution in [0.4, 0.5) is 0 Å². The molecule has 5 rings (SSSR count). The molecule has 1 aliphatic carbocycles. The van der Waals surface area contributed by atoms with Gasteiger partial charge in [0.1, 0.15) is 23.0 Å². The highest BCUT2D eigenvalue weighted by Crippen LogP contribution is 2.64. The van der Waals surface area contributed by atoms with Crippen molar-refractivity contribution in [2.24, 2.45) is 11.8 Å². The minimum absolute atomic E-state index is 0.262. The van der Waals surface area contributed by atoms with Crippen LogP contribution in [-0.4, -0.2) is 23.9 Å². The second-order valence-electron chi connectivity index (χ2n) is 7.53. The second kappa shape index (κ2) is 6.41. The van der Waals surface area contributed by atoms with Gasteiger partial charge in [-0.15, -0.1) is 0 Å². The van der Waals surface area contributed by atoms with Crippen LogP contribution < -0.4 is 18.9 Å². The summed E-state index contributed by atoms with van der Waals surface area (Å²) in [5.41, 5.74) is 1.40. The lowest BCUT2D eigenvalue weighted by Crippen LogP contribution is -2.56. The van der Waals surface area contributed by atoms with Crippen molar-refractivity contribution in [3.63, 3.8) is 0 Å². The summed E-state index contributed by atoms with van der Waals surface area (Å²) in [5, 5.41) is 0. The van der Waals surface area contributed by atoms with Crippen LogP contribution in [0.3, 0.4) is 0 Å². The molecule has 0 atom stereocenters. The summed E-state index contributed by atoms with van der Waals surface area (Å²) in [4.78, 5) is 47.9. The van der Waals surface area contributed by atoms with Crippen LogP contribution in [-0.2, 0) is 19.2 Å². The molecule has 0 unspecified atom stereocenters. The maximum atomic E-state index is 12.8.